The number of pyridine rings is 2. The second-order valence-electron chi connectivity index (χ2n) is 11.5. The second kappa shape index (κ2) is 10.4. The molecule has 0 bridgehead atoms. The van der Waals surface area contributed by atoms with Crippen molar-refractivity contribution in [3.8, 4) is 23.2 Å². The van der Waals surface area contributed by atoms with Crippen molar-refractivity contribution >= 4 is 32.7 Å². The van der Waals surface area contributed by atoms with Gasteiger partial charge in [-0.25, -0.2) is 9.97 Å². The molecule has 0 fully saturated rings. The van der Waals surface area contributed by atoms with Crippen LogP contribution in [-0.4, -0.2) is 19.6 Å². The van der Waals surface area contributed by atoms with Gasteiger partial charge >= 0.3 is 0 Å². The van der Waals surface area contributed by atoms with Gasteiger partial charge in [0.25, 0.3) is 0 Å². The fourth-order valence-electron chi connectivity index (χ4n) is 5.34. The van der Waals surface area contributed by atoms with Gasteiger partial charge in [-0.05, 0) is 64.6 Å². The molecular weight excluding hydrogens is 677 g/mol. The van der Waals surface area contributed by atoms with Crippen LogP contribution in [0.15, 0.2) is 72.9 Å². The quantitative estimate of drug-likeness (QED) is 0.186. The minimum absolute atomic E-state index is 0. The molecule has 0 radical (unpaired) electrons. The molecule has 6 heteroatoms. The van der Waals surface area contributed by atoms with Gasteiger partial charge in [-0.1, -0.05) is 64.4 Å². The average Bonchev–Trinajstić information content (AvgIpc) is 3.22. The molecular formula is C34H32N3O2Pt-. The number of aromatic hydroxyl groups is 1. The molecule has 0 atom stereocenters. The number of nitrogens with zero attached hydrogens (tertiary/aromatic N) is 3. The third-order valence-corrected chi connectivity index (χ3v) is 7.29. The summed E-state index contributed by atoms with van der Waals surface area (Å²) in [6.07, 6.45) is 1.84. The summed E-state index contributed by atoms with van der Waals surface area (Å²) in [7, 11) is 0. The third kappa shape index (κ3) is 4.77. The first kappa shape index (κ1) is 27.9. The fraction of sp³-hybridized carbons (Fsp3) is 0.235. The number of aryl methyl sites for hydroxylation is 1. The van der Waals surface area contributed by atoms with Crippen LogP contribution < -0.4 is 4.74 Å². The number of hydrogen-bond acceptors (Lipinski definition) is 4. The first-order valence-corrected chi connectivity index (χ1v) is 13.4. The number of phenols is 1. The van der Waals surface area contributed by atoms with Gasteiger partial charge in [-0.3, -0.25) is 0 Å². The Hall–Kier alpha value is -3.69. The van der Waals surface area contributed by atoms with E-state index in [2.05, 4.69) is 87.5 Å². The summed E-state index contributed by atoms with van der Waals surface area (Å²) in [5, 5.41) is 14.0. The molecule has 0 aliphatic heterocycles. The maximum Gasteiger partial charge on any atom is 0.217 e. The van der Waals surface area contributed by atoms with Crippen LogP contribution in [0, 0.1) is 13.0 Å². The average molecular weight is 710 g/mol. The van der Waals surface area contributed by atoms with Crippen molar-refractivity contribution in [3.63, 3.8) is 0 Å². The topological polar surface area (TPSA) is 60.2 Å². The summed E-state index contributed by atoms with van der Waals surface area (Å²) in [6, 6.07) is 25.8. The predicted molar refractivity (Wildman–Crippen MR) is 158 cm³/mol. The molecule has 3 aromatic heterocycles. The summed E-state index contributed by atoms with van der Waals surface area (Å²) in [5.41, 5.74) is 5.74. The number of benzene rings is 3. The second-order valence-corrected chi connectivity index (χ2v) is 11.5. The van der Waals surface area contributed by atoms with E-state index in [1.54, 1.807) is 0 Å². The molecule has 5 nitrogen and oxygen atoms in total. The van der Waals surface area contributed by atoms with Gasteiger partial charge < -0.3 is 14.4 Å². The van der Waals surface area contributed by atoms with Crippen LogP contribution in [0.1, 0.15) is 57.2 Å². The Bertz CT molecular complexity index is 1880. The largest absolute Gasteiger partial charge is 0.505 e. The predicted octanol–water partition coefficient (Wildman–Crippen LogP) is 8.75. The van der Waals surface area contributed by atoms with Gasteiger partial charge in [0.1, 0.15) is 17.1 Å². The number of rotatable bonds is 4. The number of aromatic nitrogens is 3. The molecule has 0 saturated carbocycles. The molecule has 206 valence electrons. The molecule has 3 aromatic carbocycles. The van der Waals surface area contributed by atoms with E-state index < -0.39 is 0 Å². The van der Waals surface area contributed by atoms with E-state index >= 15 is 0 Å². The first-order chi connectivity index (χ1) is 18.6. The van der Waals surface area contributed by atoms with Crippen LogP contribution in [0.4, 0.5) is 0 Å². The number of hydrogen-bond donors (Lipinski definition) is 1. The molecule has 6 rings (SSSR count). The SMILES string of the molecule is Cc1ccnc(-n2c3[c-]c(Oc4ccc5ccc(C(C)C)c(O)c5n4)ccc3c3c(C(C)(C)C)cccc32)c1.[Pt]. The molecule has 1 N–H and O–H groups in total. The zero-order chi connectivity index (χ0) is 27.5. The maximum absolute atomic E-state index is 10.9. The number of ether oxygens (including phenoxy) is 1. The van der Waals surface area contributed by atoms with E-state index in [4.69, 9.17) is 9.72 Å². The summed E-state index contributed by atoms with van der Waals surface area (Å²) >= 11 is 0. The van der Waals surface area contributed by atoms with Gasteiger partial charge in [0.15, 0.2) is 0 Å². The molecule has 0 spiro atoms. The van der Waals surface area contributed by atoms with E-state index in [0.717, 1.165) is 38.8 Å². The smallest absolute Gasteiger partial charge is 0.217 e. The maximum atomic E-state index is 10.9. The van der Waals surface area contributed by atoms with E-state index in [1.165, 1.54) is 10.9 Å². The summed E-state index contributed by atoms with van der Waals surface area (Å²) < 4.78 is 8.41. The Morgan fingerprint density at radius 3 is 2.48 bits per heavy atom. The Morgan fingerprint density at radius 2 is 1.75 bits per heavy atom. The third-order valence-electron chi connectivity index (χ3n) is 7.29. The zero-order valence-electron chi connectivity index (χ0n) is 23.5. The first-order valence-electron chi connectivity index (χ1n) is 13.4. The van der Waals surface area contributed by atoms with E-state index in [0.29, 0.717) is 17.1 Å². The number of phenolic OH excluding ortho intramolecular Hbond substituents is 1. The summed E-state index contributed by atoms with van der Waals surface area (Å²) in [6.45, 7) is 12.9. The van der Waals surface area contributed by atoms with Gasteiger partial charge in [-0.2, -0.15) is 6.07 Å². The molecule has 0 unspecified atom stereocenters. The standard InChI is InChI=1S/C34H32N3O2.Pt/c1-20(2)24-13-10-22-11-15-30(36-32(22)33(24)38)39-23-12-14-25-28(19-23)37(29-18-21(3)16-17-35-29)27-9-7-8-26(31(25)27)34(4,5)6;/h7-18,20,38H,1-6H3;/q-1;. The Morgan fingerprint density at radius 1 is 0.975 bits per heavy atom. The Balaban J connectivity index is 0.00000323. The molecule has 0 saturated heterocycles. The molecule has 0 aliphatic carbocycles. The molecule has 6 aromatic rings. The van der Waals surface area contributed by atoms with Gasteiger partial charge in [0.2, 0.25) is 5.88 Å². The van der Waals surface area contributed by atoms with Crippen molar-refractivity contribution in [2.75, 3.05) is 0 Å². The van der Waals surface area contributed by atoms with Crippen molar-refractivity contribution in [1.29, 1.82) is 0 Å². The number of fused-ring (bicyclic) bond motifs is 4. The van der Waals surface area contributed by atoms with E-state index in [-0.39, 0.29) is 38.1 Å². The van der Waals surface area contributed by atoms with Crippen LogP contribution in [0.2, 0.25) is 0 Å². The Kier molecular flexibility index (Phi) is 7.22. The van der Waals surface area contributed by atoms with E-state index in [1.807, 2.05) is 42.6 Å². The van der Waals surface area contributed by atoms with Crippen LogP contribution in [0.3, 0.4) is 0 Å². The van der Waals surface area contributed by atoms with Crippen molar-refractivity contribution in [3.05, 3.63) is 95.7 Å². The molecule has 0 amide bonds. The molecule has 0 aliphatic rings. The van der Waals surface area contributed by atoms with Crippen molar-refractivity contribution < 1.29 is 30.9 Å². The van der Waals surface area contributed by atoms with Gasteiger partial charge in [-0.15, -0.1) is 17.5 Å². The Labute approximate surface area is 249 Å². The van der Waals surface area contributed by atoms with E-state index in [9.17, 15) is 5.11 Å². The van der Waals surface area contributed by atoms with Crippen molar-refractivity contribution in [2.24, 2.45) is 0 Å². The van der Waals surface area contributed by atoms with Crippen molar-refractivity contribution in [2.45, 2.75) is 52.9 Å². The van der Waals surface area contributed by atoms with Crippen LogP contribution in [0.25, 0.3) is 38.5 Å². The summed E-state index contributed by atoms with van der Waals surface area (Å²) in [4.78, 5) is 9.38. The van der Waals surface area contributed by atoms with Crippen LogP contribution >= 0.6 is 0 Å². The fourth-order valence-corrected chi connectivity index (χ4v) is 5.34. The van der Waals surface area contributed by atoms with Gasteiger partial charge in [0.05, 0.1) is 0 Å². The summed E-state index contributed by atoms with van der Waals surface area (Å²) in [5.74, 6) is 2.17. The zero-order valence-corrected chi connectivity index (χ0v) is 25.8. The monoisotopic (exact) mass is 709 g/mol. The van der Waals surface area contributed by atoms with Crippen LogP contribution in [-0.2, 0) is 26.5 Å². The minimum Gasteiger partial charge on any atom is -0.505 e. The minimum atomic E-state index is -0.0420. The molecule has 40 heavy (non-hydrogen) atoms. The van der Waals surface area contributed by atoms with Crippen LogP contribution in [0.5, 0.6) is 17.4 Å². The van der Waals surface area contributed by atoms with Crippen molar-refractivity contribution in [1.82, 2.24) is 14.5 Å². The normalized spacial score (nSPS) is 11.9. The molecule has 3 heterocycles. The van der Waals surface area contributed by atoms with Gasteiger partial charge in [0, 0.05) is 50.0 Å².